The topological polar surface area (TPSA) is 373 Å². The summed E-state index contributed by atoms with van der Waals surface area (Å²) in [5.41, 5.74) is -2.16. The minimum Gasteiger partial charge on any atom is -0.512 e. The second kappa shape index (κ2) is 134. The standard InChI is InChI=1S/2C11H20O2.2C9H16O2.4C8H14O2.2C7H12O2.2C6H10.3C5H8.10CH3.5Ru/c2*1-10(2,3)8(12)7-9(13)11(4,5)6;2*1-6(2)8(10)5-9(11)7(3)4;2*1-6(9)5-7(10)8(2,3)4;2*1-6(2)4-8(10)5-7(3)9;2*1-5(2)7(9)4-6(3)8;2*1-3-5-6-4-2;3*1-3-5-4-2;;;;;;;;;;;;;;;/h2*7,12H,1-6H3;2*5-7,10H,1-4H3;2*5,10H,1-4H3;2*5-6,10H,4H2,1-3H3;2*4-5,9H,1-3H3;2*3-4H,1-2,5-6H2;3*3-5H,1H2,2H3;10*1H3;;;;;/q;;;;;;;;;;;;;;;10*-1;5*+2/b;;;;;;;;;;;;3*5-4+;;;;;;;;;;;;;;;. The van der Waals surface area contributed by atoms with Crippen LogP contribution in [0.15, 0.2) is 243 Å². The number of ketones is 10. The Balaban J connectivity index is -0.0000000360. The number of hydrogen-bond donors (Lipinski definition) is 10. The van der Waals surface area contributed by atoms with Crippen LogP contribution in [0.4, 0.5) is 0 Å². The molecule has 148 heavy (non-hydrogen) atoms. The van der Waals surface area contributed by atoms with Crippen molar-refractivity contribution < 1.29 is 196 Å². The summed E-state index contributed by atoms with van der Waals surface area (Å²) in [6, 6.07) is 0. The molecule has 0 aromatic carbocycles. The molecule has 0 heterocycles. The van der Waals surface area contributed by atoms with Gasteiger partial charge in [-0.3, -0.25) is 47.9 Å². The van der Waals surface area contributed by atoms with Gasteiger partial charge in [-0.2, -0.15) is 0 Å². The molecule has 10 N–H and O–H groups in total. The van der Waals surface area contributed by atoms with Crippen LogP contribution in [-0.4, -0.2) is 109 Å². The monoisotopic (exact) mass is 2530 g/mol. The molecular formula is C123H226O20Ru5. The molecule has 0 saturated carbocycles. The van der Waals surface area contributed by atoms with E-state index in [-0.39, 0.29) is 344 Å². The number of allylic oxidation sites excluding steroid dienone is 33. The van der Waals surface area contributed by atoms with E-state index in [2.05, 4.69) is 46.1 Å². The third-order valence-corrected chi connectivity index (χ3v) is 14.7. The van der Waals surface area contributed by atoms with E-state index in [0.717, 1.165) is 25.7 Å². The van der Waals surface area contributed by atoms with Crippen molar-refractivity contribution in [2.75, 3.05) is 0 Å². The molecule has 0 aromatic heterocycles. The fourth-order valence-corrected chi connectivity index (χ4v) is 5.94. The molecular weight excluding hydrogens is 2300 g/mol. The normalized spacial score (nSPS) is 10.9. The van der Waals surface area contributed by atoms with Gasteiger partial charge in [-0.25, -0.2) is 0 Å². The molecule has 0 aromatic rings. The minimum absolute atomic E-state index is 0. The summed E-state index contributed by atoms with van der Waals surface area (Å²) >= 11 is 0. The maximum atomic E-state index is 11.5. The van der Waals surface area contributed by atoms with Crippen molar-refractivity contribution in [3.63, 3.8) is 0 Å². The zero-order chi connectivity index (χ0) is 110. The van der Waals surface area contributed by atoms with E-state index in [1.807, 2.05) is 317 Å². The maximum Gasteiger partial charge on any atom is 2.00 e. The van der Waals surface area contributed by atoms with E-state index >= 15 is 0 Å². The number of carbonyl (C=O) groups is 10. The first-order valence-corrected chi connectivity index (χ1v) is 45.3. The predicted molar refractivity (Wildman–Crippen MR) is 634 cm³/mol. The number of carbonyl (C=O) groups excluding carboxylic acids is 10. The summed E-state index contributed by atoms with van der Waals surface area (Å²) < 4.78 is 0. The molecule has 0 atom stereocenters. The largest absolute Gasteiger partial charge is 2.00 e. The van der Waals surface area contributed by atoms with Crippen LogP contribution in [0, 0.1) is 154 Å². The Kier molecular flexibility index (Phi) is 202. The van der Waals surface area contributed by atoms with Crippen LogP contribution >= 0.6 is 0 Å². The molecule has 0 spiro atoms. The van der Waals surface area contributed by atoms with Gasteiger partial charge in [-0.15, -0.1) is 26.3 Å². The van der Waals surface area contributed by atoms with Crippen molar-refractivity contribution in [2.45, 2.75) is 336 Å². The molecule has 878 valence electrons. The zero-order valence-electron chi connectivity index (χ0n) is 103. The first-order chi connectivity index (χ1) is 59.8. The van der Waals surface area contributed by atoms with Gasteiger partial charge in [0.1, 0.15) is 23.0 Å². The Labute approximate surface area is 980 Å². The summed E-state index contributed by atoms with van der Waals surface area (Å²) in [7, 11) is 0. The predicted octanol–water partition coefficient (Wildman–Crippen LogP) is 36.4. The van der Waals surface area contributed by atoms with Crippen molar-refractivity contribution in [3.05, 3.63) is 318 Å². The van der Waals surface area contributed by atoms with Crippen molar-refractivity contribution in [2.24, 2.45) is 79.8 Å². The van der Waals surface area contributed by atoms with Gasteiger partial charge < -0.3 is 125 Å². The van der Waals surface area contributed by atoms with Crippen LogP contribution in [0.5, 0.6) is 0 Å². The fraction of sp³-hybridized carbons (Fsp3) is 0.512. The Hall–Kier alpha value is -7.38. The molecule has 0 aliphatic rings. The Morgan fingerprint density at radius 2 is 0.378 bits per heavy atom. The smallest absolute Gasteiger partial charge is 0.512 e. The molecule has 25 heteroatoms. The van der Waals surface area contributed by atoms with Crippen LogP contribution in [0.1, 0.15) is 336 Å². The quantitative estimate of drug-likeness (QED) is 0.00632. The van der Waals surface area contributed by atoms with Gasteiger partial charge in [0, 0.05) is 142 Å². The Morgan fingerprint density at radius 3 is 0.459 bits per heavy atom. The Bertz CT molecular complexity index is 3480. The molecule has 0 bridgehead atoms. The summed E-state index contributed by atoms with van der Waals surface area (Å²) in [6.45, 7) is 102. The van der Waals surface area contributed by atoms with Crippen molar-refractivity contribution in [1.82, 2.24) is 0 Å². The van der Waals surface area contributed by atoms with Crippen LogP contribution in [0.3, 0.4) is 0 Å². The molecule has 20 nitrogen and oxygen atoms in total. The molecule has 0 fully saturated rings. The molecule has 0 saturated heterocycles. The minimum atomic E-state index is -0.417. The average molecular weight is 2530 g/mol. The van der Waals surface area contributed by atoms with Crippen molar-refractivity contribution in [3.8, 4) is 0 Å². The molecule has 0 unspecified atom stereocenters. The fourth-order valence-electron chi connectivity index (χ4n) is 5.94. The van der Waals surface area contributed by atoms with E-state index in [9.17, 15) is 78.6 Å². The first-order valence-electron chi connectivity index (χ1n) is 45.3. The maximum absolute atomic E-state index is 11.5. The number of aliphatic hydroxyl groups is 10. The van der Waals surface area contributed by atoms with Gasteiger partial charge in [0.05, 0.1) is 34.6 Å². The molecule has 0 rings (SSSR count). The van der Waals surface area contributed by atoms with E-state index in [0.29, 0.717) is 24.7 Å². The summed E-state index contributed by atoms with van der Waals surface area (Å²) in [4.78, 5) is 107. The van der Waals surface area contributed by atoms with Crippen LogP contribution < -0.4 is 0 Å². The molecule has 0 aliphatic carbocycles. The third-order valence-electron chi connectivity index (χ3n) is 14.7. The second-order valence-corrected chi connectivity index (χ2v) is 39.1. The molecule has 0 radical (unpaired) electrons. The van der Waals surface area contributed by atoms with Gasteiger partial charge in [0.15, 0.2) is 57.8 Å². The summed E-state index contributed by atoms with van der Waals surface area (Å²) in [5.74, 6) is 1.73. The summed E-state index contributed by atoms with van der Waals surface area (Å²) in [6.07, 6.45) is 42.5. The van der Waals surface area contributed by atoms with Gasteiger partial charge in [-0.1, -0.05) is 334 Å². The van der Waals surface area contributed by atoms with Crippen molar-refractivity contribution >= 4 is 57.8 Å². The third kappa shape index (κ3) is 207. The zero-order valence-corrected chi connectivity index (χ0v) is 112. The Morgan fingerprint density at radius 1 is 0.230 bits per heavy atom. The number of rotatable bonds is 29. The van der Waals surface area contributed by atoms with Gasteiger partial charge >= 0.3 is 97.4 Å². The SMILES string of the molecule is C=C/C=C/C.C=C/C=C/C.C=C/C=C/C.C=CCCC=C.C=CCCC=C.CC(=O)C=C(O)C(C)(C)C.CC(=O)C=C(O)C(C)(C)C.CC(=O)C=C(O)C(C)C.CC(=O)C=C(O)C(C)C.CC(=O)C=C(O)CC(C)C.CC(=O)C=C(O)CC(C)C.CC(C)(C)C(=O)C=C(O)C(C)(C)C.CC(C)(C)C(=O)C=C(O)C(C)(C)C.CC(C)C(=O)C=C(O)C(C)C.CC(C)C(=O)C=C(O)C(C)C.[CH3-].[CH3-].[CH3-].[CH3-].[CH3-].[CH3-].[CH3-].[CH3-].[CH3-].[CH3-].[Ru+2].[Ru+2].[Ru+2].[Ru+2].[Ru+2]. The van der Waals surface area contributed by atoms with E-state index in [4.69, 9.17) is 20.4 Å². The van der Waals surface area contributed by atoms with E-state index < -0.39 is 10.8 Å². The van der Waals surface area contributed by atoms with Crippen LogP contribution in [-0.2, 0) is 145 Å². The van der Waals surface area contributed by atoms with Gasteiger partial charge in [0.2, 0.25) is 0 Å². The van der Waals surface area contributed by atoms with Gasteiger partial charge in [0.25, 0.3) is 0 Å². The summed E-state index contributed by atoms with van der Waals surface area (Å²) in [5, 5.41) is 91.8. The first kappa shape index (κ1) is 224. The second-order valence-electron chi connectivity index (χ2n) is 39.1. The average Bonchev–Trinajstić information content (AvgIpc) is 0.873. The van der Waals surface area contributed by atoms with E-state index in [1.54, 1.807) is 18.2 Å². The molecule has 0 amide bonds. The van der Waals surface area contributed by atoms with Gasteiger partial charge in [-0.05, 0) is 99.8 Å². The van der Waals surface area contributed by atoms with Crippen molar-refractivity contribution in [1.29, 1.82) is 0 Å². The molecule has 0 aliphatic heterocycles. The van der Waals surface area contributed by atoms with E-state index in [1.165, 1.54) is 102 Å². The van der Waals surface area contributed by atoms with Crippen LogP contribution in [0.2, 0.25) is 0 Å². The number of hydrogen-bond acceptors (Lipinski definition) is 20. The number of unbranched alkanes of at least 4 members (excludes halogenated alkanes) is 2. The number of aliphatic hydroxyl groups excluding tert-OH is 10. The van der Waals surface area contributed by atoms with Crippen LogP contribution in [0.25, 0.3) is 0 Å².